The van der Waals surface area contributed by atoms with Gasteiger partial charge in [0.2, 0.25) is 15.9 Å². The third-order valence-electron chi connectivity index (χ3n) is 4.48. The van der Waals surface area contributed by atoms with Gasteiger partial charge >= 0.3 is 0 Å². The van der Waals surface area contributed by atoms with Gasteiger partial charge in [-0.3, -0.25) is 4.79 Å². The molecular formula is C16H23N3O3S2. The summed E-state index contributed by atoms with van der Waals surface area (Å²) in [6.07, 6.45) is 7.73. The maximum absolute atomic E-state index is 12.4. The lowest BCUT2D eigenvalue weighted by Crippen LogP contribution is -2.33. The molecule has 2 fully saturated rings. The molecule has 24 heavy (non-hydrogen) atoms. The highest BCUT2D eigenvalue weighted by molar-refractivity contribution is 7.99. The topological polar surface area (TPSA) is 79.4 Å². The highest BCUT2D eigenvalue weighted by Gasteiger charge is 2.27. The van der Waals surface area contributed by atoms with E-state index in [1.165, 1.54) is 35.1 Å². The van der Waals surface area contributed by atoms with Gasteiger partial charge in [0, 0.05) is 25.3 Å². The Morgan fingerprint density at radius 3 is 2.54 bits per heavy atom. The van der Waals surface area contributed by atoms with Crippen molar-refractivity contribution >= 4 is 27.7 Å². The van der Waals surface area contributed by atoms with E-state index < -0.39 is 10.0 Å². The molecule has 1 amide bonds. The molecule has 1 aromatic heterocycles. The number of pyridine rings is 1. The molecule has 1 aliphatic carbocycles. The molecule has 2 heterocycles. The fourth-order valence-electron chi connectivity index (χ4n) is 3.16. The van der Waals surface area contributed by atoms with Crippen molar-refractivity contribution in [2.24, 2.45) is 0 Å². The van der Waals surface area contributed by atoms with Gasteiger partial charge < -0.3 is 5.32 Å². The zero-order valence-corrected chi connectivity index (χ0v) is 15.2. The summed E-state index contributed by atoms with van der Waals surface area (Å²) in [5, 5.41) is 3.70. The van der Waals surface area contributed by atoms with E-state index >= 15 is 0 Å². The monoisotopic (exact) mass is 369 g/mol. The van der Waals surface area contributed by atoms with E-state index in [0.717, 1.165) is 25.7 Å². The number of nitrogens with zero attached hydrogens (tertiary/aromatic N) is 2. The second-order valence-electron chi connectivity index (χ2n) is 6.28. The van der Waals surface area contributed by atoms with Crippen molar-refractivity contribution in [3.8, 4) is 0 Å². The van der Waals surface area contributed by atoms with Crippen LogP contribution in [0.5, 0.6) is 0 Å². The van der Waals surface area contributed by atoms with Crippen LogP contribution in [0.2, 0.25) is 0 Å². The number of rotatable bonds is 6. The zero-order chi connectivity index (χ0) is 17.0. The molecule has 1 saturated heterocycles. The number of hydrogen-bond acceptors (Lipinski definition) is 5. The normalized spacial score (nSPS) is 19.7. The first-order valence-corrected chi connectivity index (χ1v) is 10.9. The van der Waals surface area contributed by atoms with Crippen LogP contribution in [0.25, 0.3) is 0 Å². The lowest BCUT2D eigenvalue weighted by Gasteiger charge is -2.15. The Balaban J connectivity index is 1.53. The molecule has 132 valence electrons. The van der Waals surface area contributed by atoms with Crippen LogP contribution in [0.15, 0.2) is 28.3 Å². The number of carbonyl (C=O) groups excluding carboxylic acids is 1. The number of thioether (sulfide) groups is 1. The first kappa shape index (κ1) is 17.7. The number of carbonyl (C=O) groups is 1. The van der Waals surface area contributed by atoms with Gasteiger partial charge in [-0.05, 0) is 37.8 Å². The van der Waals surface area contributed by atoms with Crippen LogP contribution in [0.3, 0.4) is 0 Å². The predicted octanol–water partition coefficient (Wildman–Crippen LogP) is 2.02. The second kappa shape index (κ2) is 7.84. The van der Waals surface area contributed by atoms with Gasteiger partial charge in [-0.15, -0.1) is 0 Å². The van der Waals surface area contributed by atoms with Crippen molar-refractivity contribution < 1.29 is 13.2 Å². The molecule has 3 rings (SSSR count). The molecule has 0 unspecified atom stereocenters. The number of aromatic nitrogens is 1. The van der Waals surface area contributed by atoms with Crippen LogP contribution in [-0.4, -0.2) is 48.5 Å². The van der Waals surface area contributed by atoms with Gasteiger partial charge in [0.05, 0.1) is 10.8 Å². The summed E-state index contributed by atoms with van der Waals surface area (Å²) in [6.45, 7) is 1.17. The Labute approximate surface area is 147 Å². The SMILES string of the molecule is O=C(CSc1ccc(S(=O)(=O)N2CCCC2)cn1)NC1CCCC1. The van der Waals surface area contributed by atoms with Crippen LogP contribution >= 0.6 is 11.8 Å². The van der Waals surface area contributed by atoms with Crippen LogP contribution in [0.1, 0.15) is 38.5 Å². The third kappa shape index (κ3) is 4.29. The molecule has 0 aromatic carbocycles. The molecule has 2 aliphatic rings. The lowest BCUT2D eigenvalue weighted by atomic mass is 10.2. The zero-order valence-electron chi connectivity index (χ0n) is 13.6. The first-order chi connectivity index (χ1) is 11.6. The number of hydrogen-bond donors (Lipinski definition) is 1. The van der Waals surface area contributed by atoms with Crippen LogP contribution in [0, 0.1) is 0 Å². The highest BCUT2D eigenvalue weighted by atomic mass is 32.2. The Hall–Kier alpha value is -1.12. The molecule has 0 radical (unpaired) electrons. The minimum atomic E-state index is -3.42. The summed E-state index contributed by atoms with van der Waals surface area (Å²) in [5.41, 5.74) is 0. The van der Waals surface area contributed by atoms with E-state index in [4.69, 9.17) is 0 Å². The molecule has 0 spiro atoms. The standard InChI is InChI=1S/C16H23N3O3S2/c20-15(18-13-5-1-2-6-13)12-23-16-8-7-14(11-17-16)24(21,22)19-9-3-4-10-19/h7-8,11,13H,1-6,9-10,12H2,(H,18,20). The smallest absolute Gasteiger partial charge is 0.244 e. The van der Waals surface area contributed by atoms with Crippen molar-refractivity contribution in [3.05, 3.63) is 18.3 Å². The Kier molecular flexibility index (Phi) is 5.78. The van der Waals surface area contributed by atoms with Gasteiger partial charge in [-0.25, -0.2) is 13.4 Å². The number of sulfonamides is 1. The summed E-state index contributed by atoms with van der Waals surface area (Å²) >= 11 is 1.33. The average molecular weight is 370 g/mol. The summed E-state index contributed by atoms with van der Waals surface area (Å²) in [6, 6.07) is 3.58. The van der Waals surface area contributed by atoms with Crippen LogP contribution in [0.4, 0.5) is 0 Å². The van der Waals surface area contributed by atoms with Crippen molar-refractivity contribution in [1.29, 1.82) is 0 Å². The van der Waals surface area contributed by atoms with Crippen molar-refractivity contribution in [3.63, 3.8) is 0 Å². The van der Waals surface area contributed by atoms with Crippen molar-refractivity contribution in [2.75, 3.05) is 18.8 Å². The summed E-state index contributed by atoms with van der Waals surface area (Å²) in [4.78, 5) is 16.3. The molecule has 1 aliphatic heterocycles. The molecule has 0 atom stereocenters. The second-order valence-corrected chi connectivity index (χ2v) is 9.21. The van der Waals surface area contributed by atoms with E-state index in [1.54, 1.807) is 12.1 Å². The highest BCUT2D eigenvalue weighted by Crippen LogP contribution is 2.23. The molecular weight excluding hydrogens is 346 g/mol. The summed E-state index contributed by atoms with van der Waals surface area (Å²) in [5.74, 6) is 0.323. The summed E-state index contributed by atoms with van der Waals surface area (Å²) in [7, 11) is -3.42. The summed E-state index contributed by atoms with van der Waals surface area (Å²) < 4.78 is 26.3. The molecule has 1 N–H and O–H groups in total. The molecule has 6 nitrogen and oxygen atoms in total. The maximum Gasteiger partial charge on any atom is 0.244 e. The van der Waals surface area contributed by atoms with E-state index in [0.29, 0.717) is 29.9 Å². The third-order valence-corrected chi connectivity index (χ3v) is 7.31. The number of amides is 1. The fourth-order valence-corrected chi connectivity index (χ4v) is 5.28. The molecule has 8 heteroatoms. The first-order valence-electron chi connectivity index (χ1n) is 8.44. The largest absolute Gasteiger partial charge is 0.353 e. The van der Waals surface area contributed by atoms with E-state index in [9.17, 15) is 13.2 Å². The van der Waals surface area contributed by atoms with Gasteiger partial charge in [0.1, 0.15) is 4.90 Å². The van der Waals surface area contributed by atoms with Crippen molar-refractivity contribution in [1.82, 2.24) is 14.6 Å². The van der Waals surface area contributed by atoms with E-state index in [1.807, 2.05) is 0 Å². The van der Waals surface area contributed by atoms with Crippen LogP contribution in [-0.2, 0) is 14.8 Å². The van der Waals surface area contributed by atoms with Crippen molar-refractivity contribution in [2.45, 2.75) is 54.5 Å². The Bertz CT molecular complexity index is 664. The average Bonchev–Trinajstić information content (AvgIpc) is 3.27. The van der Waals surface area contributed by atoms with Crippen LogP contribution < -0.4 is 5.32 Å². The lowest BCUT2D eigenvalue weighted by molar-refractivity contribution is -0.119. The number of nitrogens with one attached hydrogen (secondary N) is 1. The van der Waals surface area contributed by atoms with Gasteiger partial charge in [-0.2, -0.15) is 4.31 Å². The molecule has 0 bridgehead atoms. The van der Waals surface area contributed by atoms with Gasteiger partial charge in [0.15, 0.2) is 0 Å². The maximum atomic E-state index is 12.4. The van der Waals surface area contributed by atoms with Gasteiger partial charge in [0.25, 0.3) is 0 Å². The fraction of sp³-hybridized carbons (Fsp3) is 0.625. The van der Waals surface area contributed by atoms with Gasteiger partial charge in [-0.1, -0.05) is 24.6 Å². The Morgan fingerprint density at radius 2 is 1.92 bits per heavy atom. The minimum Gasteiger partial charge on any atom is -0.353 e. The van der Waals surface area contributed by atoms with E-state index in [2.05, 4.69) is 10.3 Å². The minimum absolute atomic E-state index is 0.0162. The quantitative estimate of drug-likeness (QED) is 0.776. The molecule has 1 saturated carbocycles. The molecule has 1 aromatic rings. The van der Waals surface area contributed by atoms with E-state index in [-0.39, 0.29) is 10.8 Å². The Morgan fingerprint density at radius 1 is 1.21 bits per heavy atom. The predicted molar refractivity (Wildman–Crippen MR) is 93.4 cm³/mol.